The van der Waals surface area contributed by atoms with Crippen LogP contribution in [0.3, 0.4) is 0 Å². The van der Waals surface area contributed by atoms with Crippen LogP contribution >= 0.6 is 23.4 Å². The molecule has 0 radical (unpaired) electrons. The van der Waals surface area contributed by atoms with Crippen LogP contribution in [0.1, 0.15) is 11.1 Å². The quantitative estimate of drug-likeness (QED) is 0.500. The molecule has 0 aliphatic rings. The highest BCUT2D eigenvalue weighted by atomic mass is 35.5. The molecule has 0 N–H and O–H groups in total. The molecule has 3 rings (SSSR count). The first-order valence-corrected chi connectivity index (χ1v) is 7.90. The third-order valence-electron chi connectivity index (χ3n) is 3.21. The van der Waals surface area contributed by atoms with Gasteiger partial charge in [-0.2, -0.15) is 0 Å². The van der Waals surface area contributed by atoms with E-state index >= 15 is 0 Å². The number of halogens is 1. The fourth-order valence-electron chi connectivity index (χ4n) is 2.17. The van der Waals surface area contributed by atoms with E-state index < -0.39 is 0 Å². The Hall–Kier alpha value is -1.71. The molecular weight excluding hydrogens is 304 g/mol. The molecular formula is C17H13ClO2S. The molecule has 21 heavy (non-hydrogen) atoms. The standard InChI is InChI=1S/C17H13ClO2S/c1-11-6-7-13-12(9-17(19)20-15(13)8-11)10-21-16-5-3-2-4-14(16)18/h2-9H,10H2,1H3. The highest BCUT2D eigenvalue weighted by Gasteiger charge is 2.07. The van der Waals surface area contributed by atoms with Gasteiger partial charge in [-0.1, -0.05) is 35.9 Å². The fourth-order valence-corrected chi connectivity index (χ4v) is 3.40. The Kier molecular flexibility index (Phi) is 4.04. The number of hydrogen-bond donors (Lipinski definition) is 0. The van der Waals surface area contributed by atoms with Gasteiger partial charge in [-0.15, -0.1) is 11.8 Å². The normalized spacial score (nSPS) is 11.0. The number of hydrogen-bond acceptors (Lipinski definition) is 3. The van der Waals surface area contributed by atoms with Gasteiger partial charge in [-0.05, 0) is 36.2 Å². The molecule has 2 aromatic carbocycles. The zero-order valence-electron chi connectivity index (χ0n) is 11.4. The lowest BCUT2D eigenvalue weighted by Crippen LogP contribution is -2.00. The van der Waals surface area contributed by atoms with Crippen molar-refractivity contribution in [1.82, 2.24) is 0 Å². The van der Waals surface area contributed by atoms with Gasteiger partial charge in [0.1, 0.15) is 5.58 Å². The van der Waals surface area contributed by atoms with Gasteiger partial charge in [0.25, 0.3) is 0 Å². The van der Waals surface area contributed by atoms with E-state index in [1.807, 2.05) is 49.4 Å². The molecule has 0 saturated carbocycles. The van der Waals surface area contributed by atoms with E-state index in [2.05, 4.69) is 0 Å². The van der Waals surface area contributed by atoms with Crippen LogP contribution in [-0.4, -0.2) is 0 Å². The minimum absolute atomic E-state index is 0.317. The van der Waals surface area contributed by atoms with Gasteiger partial charge in [-0.25, -0.2) is 4.79 Å². The Bertz CT molecular complexity index is 855. The van der Waals surface area contributed by atoms with Gasteiger partial charge < -0.3 is 4.42 Å². The monoisotopic (exact) mass is 316 g/mol. The second kappa shape index (κ2) is 5.96. The van der Waals surface area contributed by atoms with Crippen LogP contribution in [0.15, 0.2) is 62.6 Å². The summed E-state index contributed by atoms with van der Waals surface area (Å²) in [6, 6.07) is 15.2. The molecule has 0 aliphatic heterocycles. The minimum Gasteiger partial charge on any atom is -0.423 e. The molecule has 0 spiro atoms. The predicted octanol–water partition coefficient (Wildman–Crippen LogP) is 5.05. The number of thioether (sulfide) groups is 1. The summed E-state index contributed by atoms with van der Waals surface area (Å²) in [5.74, 6) is 0.675. The van der Waals surface area contributed by atoms with Gasteiger partial charge in [0.05, 0.1) is 5.02 Å². The molecule has 1 aromatic heterocycles. The van der Waals surface area contributed by atoms with Crippen LogP contribution in [0.4, 0.5) is 0 Å². The molecule has 0 unspecified atom stereocenters. The average molecular weight is 317 g/mol. The van der Waals surface area contributed by atoms with Gasteiger partial charge in [0, 0.05) is 22.1 Å². The fraction of sp³-hybridized carbons (Fsp3) is 0.118. The van der Waals surface area contributed by atoms with E-state index in [1.165, 1.54) is 0 Å². The van der Waals surface area contributed by atoms with E-state index in [1.54, 1.807) is 17.8 Å². The Balaban J connectivity index is 1.97. The molecule has 3 aromatic rings. The van der Waals surface area contributed by atoms with Crippen molar-refractivity contribution in [2.45, 2.75) is 17.6 Å². The van der Waals surface area contributed by atoms with Gasteiger partial charge >= 0.3 is 5.63 Å². The molecule has 1 heterocycles. The lowest BCUT2D eigenvalue weighted by atomic mass is 10.1. The third kappa shape index (κ3) is 3.14. The summed E-state index contributed by atoms with van der Waals surface area (Å²) < 4.78 is 5.27. The van der Waals surface area contributed by atoms with E-state index in [-0.39, 0.29) is 5.63 Å². The largest absolute Gasteiger partial charge is 0.423 e. The predicted molar refractivity (Wildman–Crippen MR) is 88.2 cm³/mol. The lowest BCUT2D eigenvalue weighted by molar-refractivity contribution is 0.559. The minimum atomic E-state index is -0.317. The number of fused-ring (bicyclic) bond motifs is 1. The highest BCUT2D eigenvalue weighted by Crippen LogP contribution is 2.31. The van der Waals surface area contributed by atoms with E-state index in [0.717, 1.165) is 26.4 Å². The average Bonchev–Trinajstić information content (AvgIpc) is 2.45. The molecule has 0 amide bonds. The topological polar surface area (TPSA) is 30.2 Å². The van der Waals surface area contributed by atoms with Crippen molar-refractivity contribution in [2.75, 3.05) is 0 Å². The second-order valence-electron chi connectivity index (χ2n) is 4.81. The van der Waals surface area contributed by atoms with Crippen molar-refractivity contribution in [2.24, 2.45) is 0 Å². The zero-order valence-corrected chi connectivity index (χ0v) is 13.0. The molecule has 0 atom stereocenters. The molecule has 0 fully saturated rings. The van der Waals surface area contributed by atoms with E-state index in [9.17, 15) is 4.79 Å². The summed E-state index contributed by atoms with van der Waals surface area (Å²) in [5.41, 5.74) is 2.35. The van der Waals surface area contributed by atoms with Gasteiger partial charge in [0.2, 0.25) is 0 Å². The summed E-state index contributed by atoms with van der Waals surface area (Å²) >= 11 is 7.78. The Labute approximate surface area is 131 Å². The molecule has 2 nitrogen and oxygen atoms in total. The van der Waals surface area contributed by atoms with Gasteiger partial charge in [-0.3, -0.25) is 0 Å². The van der Waals surface area contributed by atoms with Crippen LogP contribution in [0.2, 0.25) is 5.02 Å². The van der Waals surface area contributed by atoms with Crippen molar-refractivity contribution >= 4 is 34.3 Å². The molecule has 106 valence electrons. The Morgan fingerprint density at radius 1 is 1.14 bits per heavy atom. The van der Waals surface area contributed by atoms with Crippen LogP contribution in [0.5, 0.6) is 0 Å². The summed E-state index contributed by atoms with van der Waals surface area (Å²) in [6.07, 6.45) is 0. The van der Waals surface area contributed by atoms with Crippen molar-refractivity contribution in [3.8, 4) is 0 Å². The molecule has 0 bridgehead atoms. The first kappa shape index (κ1) is 14.2. The SMILES string of the molecule is Cc1ccc2c(CSc3ccccc3Cl)cc(=O)oc2c1. The van der Waals surface area contributed by atoms with E-state index in [0.29, 0.717) is 11.3 Å². The zero-order chi connectivity index (χ0) is 14.8. The summed E-state index contributed by atoms with van der Waals surface area (Å²) in [4.78, 5) is 12.7. The van der Waals surface area contributed by atoms with Crippen LogP contribution in [0.25, 0.3) is 11.0 Å². The summed E-state index contributed by atoms with van der Waals surface area (Å²) in [6.45, 7) is 1.98. The summed E-state index contributed by atoms with van der Waals surface area (Å²) in [5, 5.41) is 1.70. The first-order valence-electron chi connectivity index (χ1n) is 6.54. The number of aryl methyl sites for hydroxylation is 1. The number of benzene rings is 2. The first-order chi connectivity index (χ1) is 10.1. The lowest BCUT2D eigenvalue weighted by Gasteiger charge is -2.07. The van der Waals surface area contributed by atoms with Crippen molar-refractivity contribution in [3.63, 3.8) is 0 Å². The van der Waals surface area contributed by atoms with Crippen molar-refractivity contribution in [3.05, 3.63) is 75.1 Å². The molecule has 0 aliphatic carbocycles. The Morgan fingerprint density at radius 3 is 2.76 bits per heavy atom. The number of rotatable bonds is 3. The van der Waals surface area contributed by atoms with Crippen LogP contribution < -0.4 is 5.63 Å². The molecule has 4 heteroatoms. The third-order valence-corrected chi connectivity index (χ3v) is 4.77. The van der Waals surface area contributed by atoms with Crippen molar-refractivity contribution < 1.29 is 4.42 Å². The maximum atomic E-state index is 11.7. The molecule has 0 saturated heterocycles. The highest BCUT2D eigenvalue weighted by molar-refractivity contribution is 7.98. The van der Waals surface area contributed by atoms with Crippen molar-refractivity contribution in [1.29, 1.82) is 0 Å². The smallest absolute Gasteiger partial charge is 0.336 e. The van der Waals surface area contributed by atoms with Crippen LogP contribution in [-0.2, 0) is 5.75 Å². The maximum Gasteiger partial charge on any atom is 0.336 e. The van der Waals surface area contributed by atoms with E-state index in [4.69, 9.17) is 16.0 Å². The Morgan fingerprint density at radius 2 is 1.95 bits per heavy atom. The second-order valence-corrected chi connectivity index (χ2v) is 6.23. The van der Waals surface area contributed by atoms with Crippen LogP contribution in [0, 0.1) is 6.92 Å². The maximum absolute atomic E-state index is 11.7. The summed E-state index contributed by atoms with van der Waals surface area (Å²) in [7, 11) is 0. The van der Waals surface area contributed by atoms with Gasteiger partial charge in [0.15, 0.2) is 0 Å².